The van der Waals surface area contributed by atoms with E-state index in [2.05, 4.69) is 29.2 Å². The molecule has 2 heterocycles. The summed E-state index contributed by atoms with van der Waals surface area (Å²) < 4.78 is 1.57. The Balaban J connectivity index is 2.30. The van der Waals surface area contributed by atoms with Crippen LogP contribution in [-0.2, 0) is 6.54 Å². The summed E-state index contributed by atoms with van der Waals surface area (Å²) in [5, 5.41) is 7.45. The molecule has 2 aromatic heterocycles. The van der Waals surface area contributed by atoms with Gasteiger partial charge in [-0.1, -0.05) is 19.9 Å². The highest BCUT2D eigenvalue weighted by Crippen LogP contribution is 2.11. The van der Waals surface area contributed by atoms with Crippen LogP contribution in [0.5, 0.6) is 0 Å². The zero-order valence-electron chi connectivity index (χ0n) is 11.0. The van der Waals surface area contributed by atoms with E-state index in [0.717, 1.165) is 5.56 Å². The number of nitrogens with one attached hydrogen (secondary N) is 1. The van der Waals surface area contributed by atoms with Gasteiger partial charge in [0, 0.05) is 30.5 Å². The van der Waals surface area contributed by atoms with E-state index in [4.69, 9.17) is 5.73 Å². The topological polar surface area (TPSA) is 85.8 Å². The maximum atomic E-state index is 11.1. The highest BCUT2D eigenvalue weighted by atomic mass is 16.1. The minimum atomic E-state index is -0.545. The molecule has 2 aromatic rings. The van der Waals surface area contributed by atoms with Gasteiger partial charge < -0.3 is 11.1 Å². The normalized spacial score (nSPS) is 10.9. The summed E-state index contributed by atoms with van der Waals surface area (Å²) in [4.78, 5) is 15.4. The summed E-state index contributed by atoms with van der Waals surface area (Å²) in [6, 6.07) is 5.81. The van der Waals surface area contributed by atoms with Gasteiger partial charge in [-0.2, -0.15) is 5.10 Å². The fraction of sp³-hybridized carbons (Fsp3) is 0.308. The Morgan fingerprint density at radius 3 is 2.89 bits per heavy atom. The van der Waals surface area contributed by atoms with Crippen molar-refractivity contribution in [2.24, 2.45) is 5.73 Å². The lowest BCUT2D eigenvalue weighted by atomic mass is 10.2. The summed E-state index contributed by atoms with van der Waals surface area (Å²) >= 11 is 0. The molecule has 3 N–H and O–H groups in total. The van der Waals surface area contributed by atoms with E-state index in [1.807, 2.05) is 12.1 Å². The van der Waals surface area contributed by atoms with E-state index in [-0.39, 0.29) is 5.69 Å². The molecular weight excluding hydrogens is 242 g/mol. The van der Waals surface area contributed by atoms with Crippen molar-refractivity contribution < 1.29 is 4.79 Å². The molecule has 6 nitrogen and oxygen atoms in total. The van der Waals surface area contributed by atoms with Gasteiger partial charge in [0.25, 0.3) is 5.91 Å². The molecule has 19 heavy (non-hydrogen) atoms. The van der Waals surface area contributed by atoms with Crippen molar-refractivity contribution in [2.75, 3.05) is 0 Å². The Morgan fingerprint density at radius 2 is 2.26 bits per heavy atom. The molecular formula is C13H17N5O. The first-order valence-electron chi connectivity index (χ1n) is 6.11. The van der Waals surface area contributed by atoms with Crippen molar-refractivity contribution in [1.82, 2.24) is 20.1 Å². The van der Waals surface area contributed by atoms with Gasteiger partial charge in [-0.3, -0.25) is 4.79 Å². The van der Waals surface area contributed by atoms with Gasteiger partial charge in [0.15, 0.2) is 5.82 Å². The summed E-state index contributed by atoms with van der Waals surface area (Å²) in [6.45, 7) is 4.84. The van der Waals surface area contributed by atoms with E-state index in [1.165, 1.54) is 0 Å². The molecule has 0 bridgehead atoms. The molecule has 1 amide bonds. The molecule has 0 aliphatic heterocycles. The van der Waals surface area contributed by atoms with Crippen LogP contribution in [0.25, 0.3) is 5.82 Å². The quantitative estimate of drug-likeness (QED) is 0.834. The second kappa shape index (κ2) is 5.62. The molecule has 100 valence electrons. The molecule has 0 saturated heterocycles. The highest BCUT2D eigenvalue weighted by molar-refractivity contribution is 5.90. The lowest BCUT2D eigenvalue weighted by Crippen LogP contribution is -2.23. The first kappa shape index (κ1) is 13.2. The van der Waals surface area contributed by atoms with Crippen LogP contribution in [0.3, 0.4) is 0 Å². The third-order valence-corrected chi connectivity index (χ3v) is 2.63. The van der Waals surface area contributed by atoms with Crippen molar-refractivity contribution in [2.45, 2.75) is 26.4 Å². The van der Waals surface area contributed by atoms with Crippen molar-refractivity contribution in [3.05, 3.63) is 41.9 Å². The predicted molar refractivity (Wildman–Crippen MR) is 71.9 cm³/mol. The number of aromatic nitrogens is 3. The second-order valence-corrected chi connectivity index (χ2v) is 4.53. The van der Waals surface area contributed by atoms with Crippen molar-refractivity contribution in [3.8, 4) is 5.82 Å². The summed E-state index contributed by atoms with van der Waals surface area (Å²) in [7, 11) is 0. The van der Waals surface area contributed by atoms with Crippen LogP contribution in [-0.4, -0.2) is 26.7 Å². The Hall–Kier alpha value is -2.21. The van der Waals surface area contributed by atoms with Crippen LogP contribution >= 0.6 is 0 Å². The molecule has 0 saturated carbocycles. The van der Waals surface area contributed by atoms with Gasteiger partial charge in [0.1, 0.15) is 5.69 Å². The number of carbonyl (C=O) groups is 1. The van der Waals surface area contributed by atoms with Gasteiger partial charge in [-0.25, -0.2) is 9.67 Å². The minimum absolute atomic E-state index is 0.230. The Bertz CT molecular complexity index is 576. The lowest BCUT2D eigenvalue weighted by Gasteiger charge is -2.11. The minimum Gasteiger partial charge on any atom is -0.364 e. The second-order valence-electron chi connectivity index (χ2n) is 4.53. The summed E-state index contributed by atoms with van der Waals surface area (Å²) in [5.41, 5.74) is 6.43. The van der Waals surface area contributed by atoms with Crippen LogP contribution in [0.2, 0.25) is 0 Å². The molecule has 0 aliphatic carbocycles. The number of carbonyl (C=O) groups excluding carboxylic acids is 1. The first-order chi connectivity index (χ1) is 9.08. The van der Waals surface area contributed by atoms with Crippen LogP contribution in [0, 0.1) is 0 Å². The van der Waals surface area contributed by atoms with Crippen LogP contribution in [0.15, 0.2) is 30.6 Å². The van der Waals surface area contributed by atoms with E-state index in [9.17, 15) is 4.79 Å². The molecule has 0 aliphatic rings. The maximum absolute atomic E-state index is 11.1. The zero-order valence-corrected chi connectivity index (χ0v) is 11.0. The monoisotopic (exact) mass is 259 g/mol. The number of nitrogens with two attached hydrogens (primary N) is 1. The smallest absolute Gasteiger partial charge is 0.269 e. The number of hydrogen-bond acceptors (Lipinski definition) is 4. The molecule has 2 rings (SSSR count). The third-order valence-electron chi connectivity index (χ3n) is 2.63. The van der Waals surface area contributed by atoms with Crippen LogP contribution in [0.1, 0.15) is 29.9 Å². The third kappa shape index (κ3) is 3.17. The average molecular weight is 259 g/mol. The van der Waals surface area contributed by atoms with Gasteiger partial charge in [-0.05, 0) is 12.1 Å². The van der Waals surface area contributed by atoms with Gasteiger partial charge in [-0.15, -0.1) is 0 Å². The Labute approximate surface area is 111 Å². The van der Waals surface area contributed by atoms with E-state index in [1.54, 1.807) is 23.1 Å². The molecule has 0 atom stereocenters. The number of amides is 1. The Kier molecular flexibility index (Phi) is 3.91. The molecule has 0 unspecified atom stereocenters. The zero-order chi connectivity index (χ0) is 13.8. The van der Waals surface area contributed by atoms with Crippen molar-refractivity contribution in [3.63, 3.8) is 0 Å². The fourth-order valence-electron chi connectivity index (χ4n) is 1.66. The number of hydrogen-bond donors (Lipinski definition) is 2. The number of rotatable bonds is 5. The van der Waals surface area contributed by atoms with Crippen LogP contribution < -0.4 is 11.1 Å². The first-order valence-corrected chi connectivity index (χ1v) is 6.11. The largest absolute Gasteiger partial charge is 0.364 e. The summed E-state index contributed by atoms with van der Waals surface area (Å²) in [6.07, 6.45) is 3.38. The van der Waals surface area contributed by atoms with Gasteiger partial charge in [0.05, 0.1) is 0 Å². The lowest BCUT2D eigenvalue weighted by molar-refractivity contribution is 0.0995. The number of primary amides is 1. The van der Waals surface area contributed by atoms with E-state index < -0.39 is 5.91 Å². The highest BCUT2D eigenvalue weighted by Gasteiger charge is 2.10. The Morgan fingerprint density at radius 1 is 1.47 bits per heavy atom. The predicted octanol–water partition coefficient (Wildman–Crippen LogP) is 0.864. The number of pyridine rings is 1. The molecule has 0 spiro atoms. The average Bonchev–Trinajstić information content (AvgIpc) is 2.86. The summed E-state index contributed by atoms with van der Waals surface area (Å²) in [5.74, 6) is 0.152. The molecule has 6 heteroatoms. The van der Waals surface area contributed by atoms with E-state index >= 15 is 0 Å². The number of nitrogens with zero attached hydrogens (tertiary/aromatic N) is 3. The molecule has 0 radical (unpaired) electrons. The fourth-order valence-corrected chi connectivity index (χ4v) is 1.66. The standard InChI is InChI=1S/C13H17N5O/c1-9(2)16-8-10-4-3-6-15-13(10)18-7-5-11(17-18)12(14)19/h3-7,9,16H,8H2,1-2H3,(H2,14,19). The SMILES string of the molecule is CC(C)NCc1cccnc1-n1ccc(C(N)=O)n1. The van der Waals surface area contributed by atoms with Crippen molar-refractivity contribution in [1.29, 1.82) is 0 Å². The van der Waals surface area contributed by atoms with Gasteiger partial charge in [0.2, 0.25) is 0 Å². The van der Waals surface area contributed by atoms with E-state index in [0.29, 0.717) is 18.4 Å². The molecule has 0 fully saturated rings. The van der Waals surface area contributed by atoms with Crippen molar-refractivity contribution >= 4 is 5.91 Å². The van der Waals surface area contributed by atoms with Gasteiger partial charge >= 0.3 is 0 Å². The maximum Gasteiger partial charge on any atom is 0.269 e. The molecule has 0 aromatic carbocycles. The van der Waals surface area contributed by atoms with Crippen LogP contribution in [0.4, 0.5) is 0 Å².